The van der Waals surface area contributed by atoms with Crippen molar-refractivity contribution in [3.8, 4) is 17.2 Å². The smallest absolute Gasteiger partial charge is 0.260 e. The minimum absolute atomic E-state index is 0.0180. The van der Waals surface area contributed by atoms with Gasteiger partial charge in [-0.2, -0.15) is 0 Å². The van der Waals surface area contributed by atoms with Crippen molar-refractivity contribution in [2.75, 3.05) is 47.0 Å². The quantitative estimate of drug-likeness (QED) is 0.789. The topological polar surface area (TPSA) is 52.4 Å². The Morgan fingerprint density at radius 1 is 0.963 bits per heavy atom. The number of hydrogen-bond acceptors (Lipinski definition) is 4. The van der Waals surface area contributed by atoms with Crippen LogP contribution in [-0.4, -0.2) is 57.8 Å². The van der Waals surface area contributed by atoms with Gasteiger partial charge in [0.15, 0.2) is 18.1 Å². The molecule has 27 heavy (non-hydrogen) atoms. The van der Waals surface area contributed by atoms with Crippen molar-refractivity contribution in [1.82, 2.24) is 4.90 Å². The molecule has 1 saturated heterocycles. The van der Waals surface area contributed by atoms with Gasteiger partial charge in [0, 0.05) is 5.56 Å². The number of quaternary nitrogens is 1. The van der Waals surface area contributed by atoms with Crippen LogP contribution in [0.3, 0.4) is 0 Å². The highest BCUT2D eigenvalue weighted by molar-refractivity contribution is 5.77. The van der Waals surface area contributed by atoms with Crippen LogP contribution in [0.1, 0.15) is 5.56 Å². The number of nitrogens with zero attached hydrogens (tertiary/aromatic N) is 1. The number of benzene rings is 2. The molecule has 1 heterocycles. The molecule has 0 spiro atoms. The van der Waals surface area contributed by atoms with Gasteiger partial charge < -0.3 is 24.0 Å². The summed E-state index contributed by atoms with van der Waals surface area (Å²) in [6, 6.07) is 15.6. The second-order valence-electron chi connectivity index (χ2n) is 6.60. The second-order valence-corrected chi connectivity index (χ2v) is 6.60. The number of piperazine rings is 1. The van der Waals surface area contributed by atoms with E-state index in [0.717, 1.165) is 38.5 Å². The molecular formula is C21H27N2O4+. The van der Waals surface area contributed by atoms with Gasteiger partial charge >= 0.3 is 0 Å². The first kappa shape index (κ1) is 19.0. The van der Waals surface area contributed by atoms with Crippen molar-refractivity contribution < 1.29 is 23.9 Å². The molecule has 144 valence electrons. The molecule has 1 N–H and O–H groups in total. The summed E-state index contributed by atoms with van der Waals surface area (Å²) in [4.78, 5) is 15.8. The fourth-order valence-corrected chi connectivity index (χ4v) is 3.25. The molecule has 6 nitrogen and oxygen atoms in total. The fraction of sp³-hybridized carbons (Fsp3) is 0.381. The molecule has 0 aliphatic carbocycles. The van der Waals surface area contributed by atoms with E-state index in [1.54, 1.807) is 14.2 Å². The Morgan fingerprint density at radius 3 is 2.26 bits per heavy atom. The number of amides is 1. The largest absolute Gasteiger partial charge is 0.497 e. The molecule has 2 aromatic rings. The zero-order chi connectivity index (χ0) is 19.1. The van der Waals surface area contributed by atoms with Gasteiger partial charge in [-0.1, -0.05) is 12.1 Å². The Bertz CT molecular complexity index is 740. The third-order valence-electron chi connectivity index (χ3n) is 4.86. The Hall–Kier alpha value is -2.73. The van der Waals surface area contributed by atoms with Crippen LogP contribution in [-0.2, 0) is 11.3 Å². The van der Waals surface area contributed by atoms with Crippen LogP contribution in [0.15, 0.2) is 48.5 Å². The minimum Gasteiger partial charge on any atom is -0.497 e. The molecule has 1 aliphatic heterocycles. The lowest BCUT2D eigenvalue weighted by atomic mass is 10.2. The maximum absolute atomic E-state index is 12.4. The summed E-state index contributed by atoms with van der Waals surface area (Å²) in [5.74, 6) is 2.12. The highest BCUT2D eigenvalue weighted by atomic mass is 16.5. The van der Waals surface area contributed by atoms with Gasteiger partial charge in [-0.15, -0.1) is 0 Å². The molecule has 0 aromatic heterocycles. The first-order valence-corrected chi connectivity index (χ1v) is 9.19. The van der Waals surface area contributed by atoms with Crippen molar-refractivity contribution in [1.29, 1.82) is 0 Å². The van der Waals surface area contributed by atoms with E-state index in [1.165, 1.54) is 10.5 Å². The van der Waals surface area contributed by atoms with Gasteiger partial charge in [0.25, 0.3) is 5.91 Å². The van der Waals surface area contributed by atoms with Crippen LogP contribution >= 0.6 is 0 Å². The van der Waals surface area contributed by atoms with E-state index in [4.69, 9.17) is 14.2 Å². The maximum atomic E-state index is 12.4. The first-order valence-electron chi connectivity index (χ1n) is 9.19. The molecule has 0 saturated carbocycles. The van der Waals surface area contributed by atoms with E-state index < -0.39 is 0 Å². The summed E-state index contributed by atoms with van der Waals surface area (Å²) >= 11 is 0. The van der Waals surface area contributed by atoms with E-state index in [9.17, 15) is 4.79 Å². The third kappa shape index (κ3) is 5.14. The fourth-order valence-electron chi connectivity index (χ4n) is 3.25. The lowest BCUT2D eigenvalue weighted by Crippen LogP contribution is -3.13. The lowest BCUT2D eigenvalue weighted by Gasteiger charge is -2.32. The Labute approximate surface area is 160 Å². The monoisotopic (exact) mass is 371 g/mol. The summed E-state index contributed by atoms with van der Waals surface area (Å²) in [6.45, 7) is 4.37. The van der Waals surface area contributed by atoms with Crippen molar-refractivity contribution in [3.05, 3.63) is 54.1 Å². The lowest BCUT2D eigenvalue weighted by molar-refractivity contribution is -0.917. The molecule has 0 bridgehead atoms. The molecule has 1 fully saturated rings. The van der Waals surface area contributed by atoms with Crippen LogP contribution in [0.2, 0.25) is 0 Å². The number of nitrogens with one attached hydrogen (secondary N) is 1. The van der Waals surface area contributed by atoms with Crippen molar-refractivity contribution >= 4 is 5.91 Å². The number of carbonyl (C=O) groups excluding carboxylic acids is 1. The van der Waals surface area contributed by atoms with E-state index in [1.807, 2.05) is 41.3 Å². The number of methoxy groups -OCH3 is 2. The highest BCUT2D eigenvalue weighted by Gasteiger charge is 2.24. The Morgan fingerprint density at radius 2 is 1.63 bits per heavy atom. The zero-order valence-electron chi connectivity index (χ0n) is 15.9. The van der Waals surface area contributed by atoms with E-state index in [0.29, 0.717) is 11.5 Å². The number of carbonyl (C=O) groups is 1. The summed E-state index contributed by atoms with van der Waals surface area (Å²) < 4.78 is 16.1. The molecular weight excluding hydrogens is 344 g/mol. The normalized spacial score (nSPS) is 14.7. The van der Waals surface area contributed by atoms with Gasteiger partial charge in [-0.3, -0.25) is 4.79 Å². The van der Waals surface area contributed by atoms with Gasteiger partial charge in [0.05, 0.1) is 40.4 Å². The number of hydrogen-bond donors (Lipinski definition) is 1. The molecule has 1 amide bonds. The van der Waals surface area contributed by atoms with Crippen LogP contribution in [0.5, 0.6) is 17.2 Å². The van der Waals surface area contributed by atoms with Crippen molar-refractivity contribution in [2.45, 2.75) is 6.54 Å². The molecule has 0 unspecified atom stereocenters. The summed E-state index contributed by atoms with van der Waals surface area (Å²) in [5.41, 5.74) is 1.28. The Kier molecular flexibility index (Phi) is 6.54. The molecule has 2 aromatic carbocycles. The summed E-state index contributed by atoms with van der Waals surface area (Å²) in [6.07, 6.45) is 0. The average Bonchev–Trinajstić information content (AvgIpc) is 2.73. The molecule has 0 radical (unpaired) electrons. The van der Waals surface area contributed by atoms with Crippen molar-refractivity contribution in [3.63, 3.8) is 0 Å². The van der Waals surface area contributed by atoms with Crippen LogP contribution in [0.25, 0.3) is 0 Å². The molecule has 1 aliphatic rings. The van der Waals surface area contributed by atoms with Gasteiger partial charge in [-0.05, 0) is 36.4 Å². The predicted molar refractivity (Wildman–Crippen MR) is 102 cm³/mol. The number of para-hydroxylation sites is 2. The zero-order valence-corrected chi connectivity index (χ0v) is 15.9. The standard InChI is InChI=1S/C21H26N2O4/c1-25-18-9-7-17(8-10-18)15-22-11-13-23(14-12-22)21(24)16-27-20-6-4-3-5-19(20)26-2/h3-10H,11-16H2,1-2H3/p+1. The van der Waals surface area contributed by atoms with Crippen LogP contribution in [0, 0.1) is 0 Å². The van der Waals surface area contributed by atoms with Gasteiger partial charge in [0.2, 0.25) is 0 Å². The molecule has 0 atom stereocenters. The van der Waals surface area contributed by atoms with Crippen LogP contribution < -0.4 is 19.1 Å². The van der Waals surface area contributed by atoms with Crippen LogP contribution in [0.4, 0.5) is 0 Å². The number of ether oxygens (including phenoxy) is 3. The Balaban J connectivity index is 1.44. The summed E-state index contributed by atoms with van der Waals surface area (Å²) in [5, 5.41) is 0. The predicted octanol–water partition coefficient (Wildman–Crippen LogP) is 1.01. The minimum atomic E-state index is 0.0180. The number of rotatable bonds is 7. The van der Waals surface area contributed by atoms with E-state index >= 15 is 0 Å². The van der Waals surface area contributed by atoms with Gasteiger partial charge in [0.1, 0.15) is 12.3 Å². The maximum Gasteiger partial charge on any atom is 0.260 e. The SMILES string of the molecule is COc1ccc(C[NH+]2CCN(C(=O)COc3ccccc3OC)CC2)cc1. The highest BCUT2D eigenvalue weighted by Crippen LogP contribution is 2.25. The van der Waals surface area contributed by atoms with E-state index in [-0.39, 0.29) is 12.5 Å². The second kappa shape index (κ2) is 9.28. The summed E-state index contributed by atoms with van der Waals surface area (Å²) in [7, 11) is 3.27. The average molecular weight is 371 g/mol. The molecule has 3 rings (SSSR count). The van der Waals surface area contributed by atoms with E-state index in [2.05, 4.69) is 12.1 Å². The van der Waals surface area contributed by atoms with Crippen molar-refractivity contribution in [2.24, 2.45) is 0 Å². The first-order chi connectivity index (χ1) is 13.2. The van der Waals surface area contributed by atoms with Gasteiger partial charge in [-0.25, -0.2) is 0 Å². The molecule has 6 heteroatoms. The third-order valence-corrected chi connectivity index (χ3v) is 4.86.